The molecule has 2 heteroatoms. The van der Waals surface area contributed by atoms with E-state index < -0.39 is 0 Å². The molecule has 0 atom stereocenters. The monoisotopic (exact) mass is 214 g/mol. The van der Waals surface area contributed by atoms with Gasteiger partial charge in [0.1, 0.15) is 0 Å². The second kappa shape index (κ2) is 5.06. The quantitative estimate of drug-likeness (QED) is 0.631. The fraction of sp³-hybridized carbons (Fsp3) is 0.429. The van der Waals surface area contributed by atoms with Gasteiger partial charge in [0, 0.05) is 6.04 Å². The van der Waals surface area contributed by atoms with Gasteiger partial charge >= 0.3 is 0 Å². The van der Waals surface area contributed by atoms with Crippen LogP contribution in [0.1, 0.15) is 25.7 Å². The van der Waals surface area contributed by atoms with Gasteiger partial charge in [0.25, 0.3) is 0 Å². The summed E-state index contributed by atoms with van der Waals surface area (Å²) in [6, 6.07) is 0.933. The molecular weight excluding hydrogens is 196 g/mol. The summed E-state index contributed by atoms with van der Waals surface area (Å²) in [5.74, 6) is 0. The molecule has 16 heavy (non-hydrogen) atoms. The Hall–Kier alpha value is -1.44. The normalized spacial score (nSPS) is 29.2. The van der Waals surface area contributed by atoms with E-state index in [2.05, 4.69) is 18.3 Å². The van der Waals surface area contributed by atoms with Crippen molar-refractivity contribution in [1.29, 1.82) is 0 Å². The van der Waals surface area contributed by atoms with Crippen LogP contribution < -0.4 is 0 Å². The Kier molecular flexibility index (Phi) is 3.50. The molecule has 0 aromatic heterocycles. The first-order valence-corrected chi connectivity index (χ1v) is 5.86. The van der Waals surface area contributed by atoms with Gasteiger partial charge in [0.15, 0.2) is 0 Å². The second-order valence-corrected chi connectivity index (χ2v) is 4.44. The van der Waals surface area contributed by atoms with Crippen molar-refractivity contribution in [3.63, 3.8) is 0 Å². The van der Waals surface area contributed by atoms with Crippen LogP contribution in [0.25, 0.3) is 0 Å². The number of hydrogen-bond acceptors (Lipinski definition) is 2. The van der Waals surface area contributed by atoms with Crippen LogP contribution in [0.5, 0.6) is 0 Å². The van der Waals surface area contributed by atoms with Crippen molar-refractivity contribution in [2.75, 3.05) is 0 Å². The highest BCUT2D eigenvalue weighted by Gasteiger charge is 2.19. The first-order chi connectivity index (χ1) is 7.78. The zero-order chi connectivity index (χ0) is 11.4. The third kappa shape index (κ3) is 2.78. The van der Waals surface area contributed by atoms with Crippen molar-refractivity contribution >= 4 is 12.4 Å². The summed E-state index contributed by atoms with van der Waals surface area (Å²) in [6.45, 7) is 7.48. The van der Waals surface area contributed by atoms with Crippen LogP contribution in [0, 0.1) is 0 Å². The highest BCUT2D eigenvalue weighted by Crippen LogP contribution is 2.23. The van der Waals surface area contributed by atoms with E-state index >= 15 is 0 Å². The van der Waals surface area contributed by atoms with Crippen molar-refractivity contribution in [2.24, 2.45) is 9.98 Å². The Labute approximate surface area is 97.2 Å². The maximum absolute atomic E-state index is 4.74. The standard InChI is InChI=1S/C14H18N2/c1-11-3-5-13(6-4-11)16-14-9-7-12(15-2)8-10-14/h3-6,12,14H,1-2,7-10H2. The van der Waals surface area contributed by atoms with Crippen LogP contribution in [-0.4, -0.2) is 24.5 Å². The summed E-state index contributed by atoms with van der Waals surface area (Å²) in [5.41, 5.74) is 2.11. The van der Waals surface area contributed by atoms with Gasteiger partial charge in [0.05, 0.1) is 11.8 Å². The van der Waals surface area contributed by atoms with Gasteiger partial charge in [-0.3, -0.25) is 9.98 Å². The topological polar surface area (TPSA) is 24.7 Å². The number of nitrogens with zero attached hydrogens (tertiary/aromatic N) is 2. The van der Waals surface area contributed by atoms with Crippen LogP contribution in [0.15, 0.2) is 46.4 Å². The average molecular weight is 214 g/mol. The molecular formula is C14H18N2. The van der Waals surface area contributed by atoms with Gasteiger partial charge in [-0.15, -0.1) is 0 Å². The molecule has 0 amide bonds. The van der Waals surface area contributed by atoms with E-state index in [4.69, 9.17) is 4.99 Å². The van der Waals surface area contributed by atoms with Crippen LogP contribution in [0.4, 0.5) is 0 Å². The molecule has 0 heterocycles. The summed E-state index contributed by atoms with van der Waals surface area (Å²) in [5, 5.41) is 0. The van der Waals surface area contributed by atoms with Crippen molar-refractivity contribution in [3.05, 3.63) is 36.5 Å². The Morgan fingerprint density at radius 2 is 1.50 bits per heavy atom. The number of allylic oxidation sites excluding steroid dienone is 5. The molecule has 1 fully saturated rings. The van der Waals surface area contributed by atoms with Crippen LogP contribution in [0.2, 0.25) is 0 Å². The fourth-order valence-corrected chi connectivity index (χ4v) is 2.16. The highest BCUT2D eigenvalue weighted by atomic mass is 14.8. The molecule has 84 valence electrons. The third-order valence-corrected chi connectivity index (χ3v) is 3.19. The molecule has 0 unspecified atom stereocenters. The molecule has 0 N–H and O–H groups in total. The lowest BCUT2D eigenvalue weighted by molar-refractivity contribution is 0.399. The molecule has 0 spiro atoms. The minimum atomic E-state index is 0.466. The smallest absolute Gasteiger partial charge is 0.0578 e. The first kappa shape index (κ1) is 11.1. The maximum Gasteiger partial charge on any atom is 0.0578 e. The SMILES string of the molecule is C=NC1CCC(N=C2C=CC(=C)C=C2)CC1. The van der Waals surface area contributed by atoms with Crippen LogP contribution >= 0.6 is 0 Å². The highest BCUT2D eigenvalue weighted by molar-refractivity contribution is 6.05. The molecule has 2 nitrogen and oxygen atoms in total. The molecule has 0 aromatic carbocycles. The predicted molar refractivity (Wildman–Crippen MR) is 70.4 cm³/mol. The summed E-state index contributed by atoms with van der Waals surface area (Å²) in [6.07, 6.45) is 12.6. The summed E-state index contributed by atoms with van der Waals surface area (Å²) >= 11 is 0. The Balaban J connectivity index is 1.93. The van der Waals surface area contributed by atoms with Gasteiger partial charge in [-0.05, 0) is 50.1 Å². The molecule has 0 saturated heterocycles. The van der Waals surface area contributed by atoms with Gasteiger partial charge in [-0.2, -0.15) is 0 Å². The lowest BCUT2D eigenvalue weighted by atomic mass is 9.92. The Morgan fingerprint density at radius 3 is 2.06 bits per heavy atom. The molecule has 0 aromatic rings. The summed E-state index contributed by atoms with van der Waals surface area (Å²) < 4.78 is 0. The van der Waals surface area contributed by atoms with Gasteiger partial charge in [-0.25, -0.2) is 0 Å². The molecule has 0 radical (unpaired) electrons. The average Bonchev–Trinajstić information content (AvgIpc) is 2.33. The third-order valence-electron chi connectivity index (χ3n) is 3.19. The second-order valence-electron chi connectivity index (χ2n) is 4.44. The van der Waals surface area contributed by atoms with E-state index in [-0.39, 0.29) is 0 Å². The Bertz CT molecular complexity index is 348. The van der Waals surface area contributed by atoms with Crippen LogP contribution in [-0.2, 0) is 0 Å². The van der Waals surface area contributed by atoms with E-state index in [0.29, 0.717) is 12.1 Å². The number of aliphatic imine (C=N–C) groups is 2. The maximum atomic E-state index is 4.74. The fourth-order valence-electron chi connectivity index (χ4n) is 2.16. The largest absolute Gasteiger partial charge is 0.298 e. The first-order valence-electron chi connectivity index (χ1n) is 5.86. The van der Waals surface area contributed by atoms with E-state index in [1.165, 1.54) is 0 Å². The molecule has 2 rings (SSSR count). The molecule has 0 bridgehead atoms. The Morgan fingerprint density at radius 1 is 0.938 bits per heavy atom. The zero-order valence-corrected chi connectivity index (χ0v) is 9.60. The van der Waals surface area contributed by atoms with Gasteiger partial charge < -0.3 is 0 Å². The van der Waals surface area contributed by atoms with E-state index in [9.17, 15) is 0 Å². The lowest BCUT2D eigenvalue weighted by Crippen LogP contribution is -2.20. The van der Waals surface area contributed by atoms with Gasteiger partial charge in [0.2, 0.25) is 0 Å². The van der Waals surface area contributed by atoms with Crippen molar-refractivity contribution < 1.29 is 0 Å². The van der Waals surface area contributed by atoms with E-state index in [1.807, 2.05) is 24.3 Å². The van der Waals surface area contributed by atoms with Crippen molar-refractivity contribution in [3.8, 4) is 0 Å². The van der Waals surface area contributed by atoms with Gasteiger partial charge in [-0.1, -0.05) is 18.7 Å². The van der Waals surface area contributed by atoms with Crippen molar-refractivity contribution in [1.82, 2.24) is 0 Å². The zero-order valence-electron chi connectivity index (χ0n) is 9.60. The minimum Gasteiger partial charge on any atom is -0.298 e. The number of rotatable bonds is 2. The summed E-state index contributed by atoms with van der Waals surface area (Å²) in [7, 11) is 0. The van der Waals surface area contributed by atoms with E-state index in [1.54, 1.807) is 0 Å². The number of hydrogen-bond donors (Lipinski definition) is 0. The lowest BCUT2D eigenvalue weighted by Gasteiger charge is -2.23. The van der Waals surface area contributed by atoms with E-state index in [0.717, 1.165) is 37.0 Å². The molecule has 1 saturated carbocycles. The molecule has 2 aliphatic rings. The minimum absolute atomic E-state index is 0.466. The predicted octanol–water partition coefficient (Wildman–Crippen LogP) is 3.12. The molecule has 2 aliphatic carbocycles. The van der Waals surface area contributed by atoms with Crippen molar-refractivity contribution in [2.45, 2.75) is 37.8 Å². The van der Waals surface area contributed by atoms with Crippen LogP contribution in [0.3, 0.4) is 0 Å². The summed E-state index contributed by atoms with van der Waals surface area (Å²) in [4.78, 5) is 8.84. The molecule has 0 aliphatic heterocycles.